The van der Waals surface area contributed by atoms with Gasteiger partial charge in [0.1, 0.15) is 5.75 Å². The van der Waals surface area contributed by atoms with Gasteiger partial charge >= 0.3 is 0 Å². The third-order valence-corrected chi connectivity index (χ3v) is 5.47. The molecule has 0 bridgehead atoms. The predicted octanol–water partition coefficient (Wildman–Crippen LogP) is 4.63. The van der Waals surface area contributed by atoms with Crippen molar-refractivity contribution in [1.82, 2.24) is 0 Å². The van der Waals surface area contributed by atoms with Crippen LogP contribution in [-0.2, 0) is 15.5 Å². The van der Waals surface area contributed by atoms with Crippen molar-refractivity contribution in [3.63, 3.8) is 0 Å². The highest BCUT2D eigenvalue weighted by atomic mass is 32.2. The lowest BCUT2D eigenvalue weighted by Crippen LogP contribution is -2.20. The van der Waals surface area contributed by atoms with E-state index < -0.39 is 15.5 Å². The Bertz CT molecular complexity index is 1020. The molecule has 0 unspecified atom stereocenters. The maximum Gasteiger partial charge on any atom is 0.294 e. The van der Waals surface area contributed by atoms with Crippen LogP contribution in [0, 0.1) is 0 Å². The van der Waals surface area contributed by atoms with Crippen molar-refractivity contribution < 1.29 is 18.1 Å². The van der Waals surface area contributed by atoms with Gasteiger partial charge in [0.15, 0.2) is 0 Å². The molecule has 0 heterocycles. The Morgan fingerprint density at radius 1 is 0.846 bits per heavy atom. The van der Waals surface area contributed by atoms with Gasteiger partial charge in [-0.15, -0.1) is 0 Å². The summed E-state index contributed by atoms with van der Waals surface area (Å²) < 4.78 is 33.2. The number of phenols is 1. The highest BCUT2D eigenvalue weighted by molar-refractivity contribution is 7.85. The first-order valence-electron chi connectivity index (χ1n) is 8.17. The Kier molecular flexibility index (Phi) is 4.61. The van der Waals surface area contributed by atoms with E-state index in [1.807, 2.05) is 50.2 Å². The maximum absolute atomic E-state index is 11.8. The number of hydrogen-bond donors (Lipinski definition) is 2. The first-order valence-corrected chi connectivity index (χ1v) is 9.61. The van der Waals surface area contributed by atoms with Crippen LogP contribution < -0.4 is 0 Å². The molecule has 2 N–H and O–H groups in total. The molecular weight excluding hydrogens is 348 g/mol. The lowest BCUT2D eigenvalue weighted by molar-refractivity contribution is 0.453. The molecule has 3 aromatic rings. The van der Waals surface area contributed by atoms with E-state index >= 15 is 0 Å². The molecule has 0 saturated heterocycles. The summed E-state index contributed by atoms with van der Waals surface area (Å²) in [7, 11) is -4.43. The van der Waals surface area contributed by atoms with Crippen LogP contribution in [0.4, 0.5) is 0 Å². The lowest BCUT2D eigenvalue weighted by atomic mass is 9.76. The lowest BCUT2D eigenvalue weighted by Gasteiger charge is -2.28. The molecule has 0 aliphatic carbocycles. The number of phenolic OH excluding ortho intramolecular Hbond substituents is 1. The zero-order valence-corrected chi connectivity index (χ0v) is 15.4. The summed E-state index contributed by atoms with van der Waals surface area (Å²) in [5.41, 5.74) is 1.70. The molecule has 0 radical (unpaired) electrons. The molecule has 0 aliphatic rings. The average Bonchev–Trinajstić information content (AvgIpc) is 2.62. The van der Waals surface area contributed by atoms with Gasteiger partial charge in [0.25, 0.3) is 10.1 Å². The molecule has 134 valence electrons. The standard InChI is InChI=1S/C21H20O4S/c1-21(2,16-11-7-4-8-12-16)19-14-17(26(23,24)25)13-18(20(19)22)15-9-5-3-6-10-15/h3-14,22H,1-2H3,(H,23,24,25). The zero-order chi connectivity index (χ0) is 18.9. The van der Waals surface area contributed by atoms with Crippen LogP contribution in [0.2, 0.25) is 0 Å². The van der Waals surface area contributed by atoms with Gasteiger partial charge in [0.2, 0.25) is 0 Å². The molecular formula is C21H20O4S. The van der Waals surface area contributed by atoms with Crippen molar-refractivity contribution in [2.75, 3.05) is 0 Å². The Balaban J connectivity index is 2.32. The molecule has 0 aromatic heterocycles. The molecule has 5 heteroatoms. The normalized spacial score (nSPS) is 12.1. The van der Waals surface area contributed by atoms with E-state index in [2.05, 4.69) is 0 Å². The average molecular weight is 368 g/mol. The number of aromatic hydroxyl groups is 1. The monoisotopic (exact) mass is 368 g/mol. The quantitative estimate of drug-likeness (QED) is 0.658. The van der Waals surface area contributed by atoms with E-state index in [0.29, 0.717) is 16.7 Å². The summed E-state index contributed by atoms with van der Waals surface area (Å²) >= 11 is 0. The van der Waals surface area contributed by atoms with Gasteiger partial charge in [0, 0.05) is 16.5 Å². The summed E-state index contributed by atoms with van der Waals surface area (Å²) in [5, 5.41) is 11.0. The molecule has 3 rings (SSSR count). The maximum atomic E-state index is 11.8. The Morgan fingerprint density at radius 3 is 1.92 bits per heavy atom. The van der Waals surface area contributed by atoms with Crippen LogP contribution in [0.1, 0.15) is 25.0 Å². The molecule has 0 amide bonds. The van der Waals surface area contributed by atoms with Gasteiger partial charge in [-0.3, -0.25) is 4.55 Å². The molecule has 4 nitrogen and oxygen atoms in total. The fraction of sp³-hybridized carbons (Fsp3) is 0.143. The van der Waals surface area contributed by atoms with Gasteiger partial charge in [-0.25, -0.2) is 0 Å². The molecule has 26 heavy (non-hydrogen) atoms. The fourth-order valence-corrected chi connectivity index (χ4v) is 3.61. The first-order chi connectivity index (χ1) is 12.2. The summed E-state index contributed by atoms with van der Waals surface area (Å²) in [5.74, 6) is -0.00236. The number of benzene rings is 3. The highest BCUT2D eigenvalue weighted by Crippen LogP contribution is 2.43. The Labute approximate surface area is 153 Å². The molecule has 0 saturated carbocycles. The second-order valence-electron chi connectivity index (χ2n) is 6.70. The van der Waals surface area contributed by atoms with Crippen molar-refractivity contribution in [3.8, 4) is 16.9 Å². The third kappa shape index (κ3) is 3.36. The summed E-state index contributed by atoms with van der Waals surface area (Å²) in [4.78, 5) is -0.242. The minimum absolute atomic E-state index is 0.00236. The van der Waals surface area contributed by atoms with Crippen molar-refractivity contribution in [3.05, 3.63) is 83.9 Å². The number of rotatable bonds is 4. The van der Waals surface area contributed by atoms with Crippen LogP contribution in [0.15, 0.2) is 77.7 Å². The minimum Gasteiger partial charge on any atom is -0.507 e. The van der Waals surface area contributed by atoms with Gasteiger partial charge in [-0.1, -0.05) is 74.5 Å². The Morgan fingerprint density at radius 2 is 1.38 bits per heavy atom. The van der Waals surface area contributed by atoms with Crippen molar-refractivity contribution in [2.24, 2.45) is 0 Å². The van der Waals surface area contributed by atoms with Crippen molar-refractivity contribution >= 4 is 10.1 Å². The topological polar surface area (TPSA) is 74.6 Å². The highest BCUT2D eigenvalue weighted by Gasteiger charge is 2.30. The smallest absolute Gasteiger partial charge is 0.294 e. The summed E-state index contributed by atoms with van der Waals surface area (Å²) in [6.07, 6.45) is 0. The van der Waals surface area contributed by atoms with Crippen molar-refractivity contribution in [2.45, 2.75) is 24.2 Å². The molecule has 0 fully saturated rings. The molecule has 0 spiro atoms. The van der Waals surface area contributed by atoms with Gasteiger partial charge in [0.05, 0.1) is 4.90 Å². The van der Waals surface area contributed by atoms with Crippen molar-refractivity contribution in [1.29, 1.82) is 0 Å². The van der Waals surface area contributed by atoms with E-state index in [1.54, 1.807) is 24.3 Å². The second-order valence-corrected chi connectivity index (χ2v) is 8.12. The Hall–Kier alpha value is -2.63. The number of hydrogen-bond acceptors (Lipinski definition) is 3. The van der Waals surface area contributed by atoms with E-state index in [4.69, 9.17) is 0 Å². The zero-order valence-electron chi connectivity index (χ0n) is 14.5. The second kappa shape index (κ2) is 6.59. The SMILES string of the molecule is CC(C)(c1ccccc1)c1cc(S(=O)(=O)O)cc(-c2ccccc2)c1O. The van der Waals surface area contributed by atoms with Crippen LogP contribution in [0.5, 0.6) is 5.75 Å². The van der Waals surface area contributed by atoms with Crippen LogP contribution in [-0.4, -0.2) is 18.1 Å². The first kappa shape index (κ1) is 18.2. The van der Waals surface area contributed by atoms with E-state index in [-0.39, 0.29) is 10.6 Å². The predicted molar refractivity (Wildman–Crippen MR) is 102 cm³/mol. The summed E-state index contributed by atoms with van der Waals surface area (Å²) in [6, 6.07) is 21.1. The van der Waals surface area contributed by atoms with Crippen LogP contribution in [0.25, 0.3) is 11.1 Å². The van der Waals surface area contributed by atoms with E-state index in [9.17, 15) is 18.1 Å². The van der Waals surface area contributed by atoms with Crippen LogP contribution in [0.3, 0.4) is 0 Å². The van der Waals surface area contributed by atoms with E-state index in [0.717, 1.165) is 5.56 Å². The van der Waals surface area contributed by atoms with Gasteiger partial charge in [-0.05, 0) is 23.3 Å². The third-order valence-electron chi connectivity index (χ3n) is 4.63. The minimum atomic E-state index is -4.43. The summed E-state index contributed by atoms with van der Waals surface area (Å²) in [6.45, 7) is 3.81. The van der Waals surface area contributed by atoms with Crippen LogP contribution >= 0.6 is 0 Å². The largest absolute Gasteiger partial charge is 0.507 e. The molecule has 0 aliphatic heterocycles. The molecule has 0 atom stereocenters. The van der Waals surface area contributed by atoms with Gasteiger partial charge < -0.3 is 5.11 Å². The molecule has 3 aromatic carbocycles. The fourth-order valence-electron chi connectivity index (χ4n) is 3.08. The van der Waals surface area contributed by atoms with Gasteiger partial charge in [-0.2, -0.15) is 8.42 Å². The van der Waals surface area contributed by atoms with E-state index in [1.165, 1.54) is 12.1 Å².